The van der Waals surface area contributed by atoms with Crippen molar-refractivity contribution in [1.82, 2.24) is 4.98 Å². The third kappa shape index (κ3) is 1.65. The number of nitrogens with two attached hydrogens (primary N) is 1. The van der Waals surface area contributed by atoms with E-state index < -0.39 is 0 Å². The fourth-order valence-corrected chi connectivity index (χ4v) is 1.82. The molecule has 1 aromatic rings. The highest BCUT2D eigenvalue weighted by molar-refractivity contribution is 5.56. The number of anilines is 1. The maximum atomic E-state index is 5.77. The van der Waals surface area contributed by atoms with Gasteiger partial charge in [0.25, 0.3) is 0 Å². The Balaban J connectivity index is 2.18. The Hall–Kier alpha value is -1.09. The average Bonchev–Trinajstić information content (AvgIpc) is 2.48. The highest BCUT2D eigenvalue weighted by Crippen LogP contribution is 2.25. The van der Waals surface area contributed by atoms with E-state index in [9.17, 15) is 0 Å². The summed E-state index contributed by atoms with van der Waals surface area (Å²) in [6, 6.07) is 2.32. The summed E-state index contributed by atoms with van der Waals surface area (Å²) in [5, 5.41) is 0. The molecule has 2 rings (SSSR count). The molecule has 70 valence electrons. The zero-order valence-corrected chi connectivity index (χ0v) is 7.90. The smallest absolute Gasteiger partial charge is 0.0586 e. The Morgan fingerprint density at radius 3 is 3.31 bits per heavy atom. The standard InChI is InChI=1S/C10H15N3/c1-8(11)7-13-5-3-9-2-4-12-6-10(9)13/h2,4,6,8H,3,5,7,11H2,1H3. The molecule has 1 atom stereocenters. The van der Waals surface area contributed by atoms with E-state index in [1.807, 2.05) is 19.3 Å². The van der Waals surface area contributed by atoms with E-state index >= 15 is 0 Å². The van der Waals surface area contributed by atoms with Crippen LogP contribution in [0.3, 0.4) is 0 Å². The fraction of sp³-hybridized carbons (Fsp3) is 0.500. The Labute approximate surface area is 78.6 Å². The summed E-state index contributed by atoms with van der Waals surface area (Å²) in [5.41, 5.74) is 8.43. The van der Waals surface area contributed by atoms with Crippen LogP contribution < -0.4 is 10.6 Å². The molecule has 0 aliphatic carbocycles. The zero-order chi connectivity index (χ0) is 9.26. The van der Waals surface area contributed by atoms with Crippen molar-refractivity contribution in [2.24, 2.45) is 5.73 Å². The van der Waals surface area contributed by atoms with Gasteiger partial charge in [0.05, 0.1) is 11.9 Å². The molecule has 3 heteroatoms. The SMILES string of the molecule is CC(N)CN1CCc2ccncc21. The summed E-state index contributed by atoms with van der Waals surface area (Å²) >= 11 is 0. The molecule has 2 heterocycles. The van der Waals surface area contributed by atoms with Crippen LogP contribution in [0.2, 0.25) is 0 Å². The summed E-state index contributed by atoms with van der Waals surface area (Å²) in [6.45, 7) is 4.05. The van der Waals surface area contributed by atoms with Gasteiger partial charge in [0.2, 0.25) is 0 Å². The van der Waals surface area contributed by atoms with Crippen molar-refractivity contribution in [2.45, 2.75) is 19.4 Å². The maximum absolute atomic E-state index is 5.77. The van der Waals surface area contributed by atoms with Crippen LogP contribution in [-0.4, -0.2) is 24.1 Å². The van der Waals surface area contributed by atoms with Gasteiger partial charge < -0.3 is 10.6 Å². The Bertz CT molecular complexity index is 296. The molecular weight excluding hydrogens is 162 g/mol. The maximum Gasteiger partial charge on any atom is 0.0586 e. The molecule has 0 radical (unpaired) electrons. The topological polar surface area (TPSA) is 42.1 Å². The van der Waals surface area contributed by atoms with Crippen LogP contribution in [0.5, 0.6) is 0 Å². The molecule has 1 aromatic heterocycles. The monoisotopic (exact) mass is 177 g/mol. The van der Waals surface area contributed by atoms with Gasteiger partial charge in [-0.05, 0) is 25.0 Å². The van der Waals surface area contributed by atoms with E-state index in [0.29, 0.717) is 0 Å². The molecule has 0 fully saturated rings. The number of hydrogen-bond donors (Lipinski definition) is 1. The normalized spacial score (nSPS) is 17.2. The Kier molecular flexibility index (Phi) is 2.19. The second-order valence-electron chi connectivity index (χ2n) is 3.68. The molecule has 0 saturated carbocycles. The lowest BCUT2D eigenvalue weighted by atomic mass is 10.2. The predicted octanol–water partition coefficient (Wildman–Crippen LogP) is 0.791. The summed E-state index contributed by atoms with van der Waals surface area (Å²) in [7, 11) is 0. The number of pyridine rings is 1. The first kappa shape index (κ1) is 8.51. The van der Waals surface area contributed by atoms with Gasteiger partial charge in [-0.1, -0.05) is 0 Å². The van der Waals surface area contributed by atoms with Crippen molar-refractivity contribution in [3.63, 3.8) is 0 Å². The zero-order valence-electron chi connectivity index (χ0n) is 7.90. The van der Waals surface area contributed by atoms with Crippen LogP contribution in [0.1, 0.15) is 12.5 Å². The Morgan fingerprint density at radius 1 is 1.69 bits per heavy atom. The van der Waals surface area contributed by atoms with Crippen LogP contribution in [0.4, 0.5) is 5.69 Å². The first-order valence-corrected chi connectivity index (χ1v) is 4.71. The van der Waals surface area contributed by atoms with Gasteiger partial charge in [0.1, 0.15) is 0 Å². The molecule has 1 aliphatic rings. The van der Waals surface area contributed by atoms with Crippen LogP contribution >= 0.6 is 0 Å². The van der Waals surface area contributed by atoms with Crippen molar-refractivity contribution in [3.8, 4) is 0 Å². The van der Waals surface area contributed by atoms with Gasteiger partial charge in [0.15, 0.2) is 0 Å². The molecule has 2 N–H and O–H groups in total. The van der Waals surface area contributed by atoms with E-state index in [1.54, 1.807) is 0 Å². The van der Waals surface area contributed by atoms with E-state index in [-0.39, 0.29) is 6.04 Å². The predicted molar refractivity (Wildman–Crippen MR) is 53.8 cm³/mol. The highest BCUT2D eigenvalue weighted by Gasteiger charge is 2.18. The molecule has 13 heavy (non-hydrogen) atoms. The molecule has 3 nitrogen and oxygen atoms in total. The van der Waals surface area contributed by atoms with E-state index in [0.717, 1.165) is 19.5 Å². The van der Waals surface area contributed by atoms with Gasteiger partial charge in [0, 0.05) is 25.3 Å². The van der Waals surface area contributed by atoms with Crippen LogP contribution in [-0.2, 0) is 6.42 Å². The van der Waals surface area contributed by atoms with Gasteiger partial charge in [-0.25, -0.2) is 0 Å². The molecule has 0 aromatic carbocycles. The number of nitrogens with zero attached hydrogens (tertiary/aromatic N) is 2. The molecular formula is C10H15N3. The van der Waals surface area contributed by atoms with Crippen molar-refractivity contribution in [3.05, 3.63) is 24.0 Å². The quantitative estimate of drug-likeness (QED) is 0.726. The van der Waals surface area contributed by atoms with Crippen molar-refractivity contribution in [2.75, 3.05) is 18.0 Å². The first-order chi connectivity index (χ1) is 6.27. The molecule has 0 spiro atoms. The minimum absolute atomic E-state index is 0.228. The minimum atomic E-state index is 0.228. The second kappa shape index (κ2) is 3.34. The molecule has 1 unspecified atom stereocenters. The van der Waals surface area contributed by atoms with E-state index in [4.69, 9.17) is 5.73 Å². The minimum Gasteiger partial charge on any atom is -0.368 e. The van der Waals surface area contributed by atoms with Crippen molar-refractivity contribution < 1.29 is 0 Å². The largest absolute Gasteiger partial charge is 0.368 e. The van der Waals surface area contributed by atoms with E-state index in [2.05, 4.69) is 16.0 Å². The van der Waals surface area contributed by atoms with Gasteiger partial charge in [-0.15, -0.1) is 0 Å². The third-order valence-electron chi connectivity index (χ3n) is 2.39. The van der Waals surface area contributed by atoms with Crippen LogP contribution in [0, 0.1) is 0 Å². The van der Waals surface area contributed by atoms with Crippen LogP contribution in [0.25, 0.3) is 0 Å². The molecule has 0 amide bonds. The van der Waals surface area contributed by atoms with Crippen LogP contribution in [0.15, 0.2) is 18.5 Å². The lowest BCUT2D eigenvalue weighted by molar-refractivity contribution is 0.693. The highest BCUT2D eigenvalue weighted by atomic mass is 15.2. The first-order valence-electron chi connectivity index (χ1n) is 4.71. The summed E-state index contributed by atoms with van der Waals surface area (Å²) in [4.78, 5) is 6.44. The van der Waals surface area contributed by atoms with Crippen molar-refractivity contribution in [1.29, 1.82) is 0 Å². The number of aromatic nitrogens is 1. The lowest BCUT2D eigenvalue weighted by Crippen LogP contribution is -2.34. The second-order valence-corrected chi connectivity index (χ2v) is 3.68. The molecule has 0 bridgehead atoms. The summed E-state index contributed by atoms with van der Waals surface area (Å²) < 4.78 is 0. The number of rotatable bonds is 2. The fourth-order valence-electron chi connectivity index (χ4n) is 1.82. The van der Waals surface area contributed by atoms with Crippen molar-refractivity contribution >= 4 is 5.69 Å². The number of fused-ring (bicyclic) bond motifs is 1. The lowest BCUT2D eigenvalue weighted by Gasteiger charge is -2.20. The van der Waals surface area contributed by atoms with Gasteiger partial charge in [-0.3, -0.25) is 4.98 Å². The average molecular weight is 177 g/mol. The van der Waals surface area contributed by atoms with E-state index in [1.165, 1.54) is 11.3 Å². The Morgan fingerprint density at radius 2 is 2.54 bits per heavy atom. The van der Waals surface area contributed by atoms with Gasteiger partial charge >= 0.3 is 0 Å². The third-order valence-corrected chi connectivity index (χ3v) is 2.39. The summed E-state index contributed by atoms with van der Waals surface area (Å²) in [5.74, 6) is 0. The summed E-state index contributed by atoms with van der Waals surface area (Å²) in [6.07, 6.45) is 4.92. The number of hydrogen-bond acceptors (Lipinski definition) is 3. The van der Waals surface area contributed by atoms with Gasteiger partial charge in [-0.2, -0.15) is 0 Å². The molecule has 1 aliphatic heterocycles. The molecule has 0 saturated heterocycles.